The molecule has 0 fully saturated rings. The van der Waals surface area contributed by atoms with Gasteiger partial charge in [0, 0.05) is 49.6 Å². The lowest BCUT2D eigenvalue weighted by molar-refractivity contribution is 0.673. The first kappa shape index (κ1) is 39.7. The molecule has 0 atom stereocenters. The Kier molecular flexibility index (Phi) is 8.57. The molecule has 3 heteroatoms. The van der Waals surface area contributed by atoms with Crippen LogP contribution in [-0.2, 0) is 5.41 Å². The van der Waals surface area contributed by atoms with Crippen molar-refractivity contribution < 1.29 is 4.42 Å². The summed E-state index contributed by atoms with van der Waals surface area (Å²) in [5.74, 6) is 0. The maximum absolute atomic E-state index is 6.68. The van der Waals surface area contributed by atoms with Crippen LogP contribution >= 0.6 is 0 Å². The zero-order valence-electron chi connectivity index (χ0n) is 38.6. The fourth-order valence-corrected chi connectivity index (χ4v) is 12.3. The van der Waals surface area contributed by atoms with Gasteiger partial charge in [-0.15, -0.1) is 0 Å². The second-order valence-electron chi connectivity index (χ2n) is 18.9. The molecule has 14 aromatic rings. The van der Waals surface area contributed by atoms with Gasteiger partial charge in [-0.05, 0) is 120 Å². The molecule has 2 heterocycles. The number of furan rings is 1. The molecule has 0 spiro atoms. The predicted octanol–water partition coefficient (Wildman–Crippen LogP) is 18.2. The maximum Gasteiger partial charge on any atom is 0.144 e. The molecule has 71 heavy (non-hydrogen) atoms. The van der Waals surface area contributed by atoms with E-state index in [0.29, 0.717) is 0 Å². The van der Waals surface area contributed by atoms with E-state index < -0.39 is 5.41 Å². The molecule has 15 rings (SSSR count). The number of anilines is 3. The molecule has 1 aliphatic rings. The Morgan fingerprint density at radius 1 is 0.338 bits per heavy atom. The molecule has 0 bridgehead atoms. The molecule has 0 aliphatic heterocycles. The van der Waals surface area contributed by atoms with E-state index in [-0.39, 0.29) is 0 Å². The SMILES string of the molecule is c1ccc(C2(c3ccccc3)c3ccccc3-c3ccc(N(c4ccc(-c5nc6ccccc6c6c5ccc5c7ccccc7oc56)cc4)c4ccc5c6ccccc6c6ccccc6c5c4)cc32)cc1. The lowest BCUT2D eigenvalue weighted by Gasteiger charge is -2.35. The lowest BCUT2D eigenvalue weighted by Crippen LogP contribution is -2.28. The zero-order chi connectivity index (χ0) is 46.6. The van der Waals surface area contributed by atoms with Gasteiger partial charge in [0.25, 0.3) is 0 Å². The smallest absolute Gasteiger partial charge is 0.144 e. The van der Waals surface area contributed by atoms with Gasteiger partial charge in [0.15, 0.2) is 0 Å². The molecular weight excluding hydrogens is 861 g/mol. The molecule has 1 aliphatic carbocycles. The van der Waals surface area contributed by atoms with Gasteiger partial charge >= 0.3 is 0 Å². The van der Waals surface area contributed by atoms with E-state index >= 15 is 0 Å². The summed E-state index contributed by atoms with van der Waals surface area (Å²) < 4.78 is 6.68. The maximum atomic E-state index is 6.68. The van der Waals surface area contributed by atoms with Gasteiger partial charge in [-0.25, -0.2) is 4.98 Å². The van der Waals surface area contributed by atoms with Crippen LogP contribution in [0.25, 0.3) is 98.3 Å². The third-order valence-electron chi connectivity index (χ3n) is 15.3. The number of benzene rings is 12. The minimum absolute atomic E-state index is 0.549. The third-order valence-corrected chi connectivity index (χ3v) is 15.3. The van der Waals surface area contributed by atoms with Crippen molar-refractivity contribution in [2.75, 3.05) is 4.90 Å². The van der Waals surface area contributed by atoms with Crippen molar-refractivity contribution in [3.63, 3.8) is 0 Å². The van der Waals surface area contributed by atoms with E-state index in [1.807, 2.05) is 6.07 Å². The molecule has 0 radical (unpaired) electrons. The second-order valence-corrected chi connectivity index (χ2v) is 18.9. The standard InChI is InChI=1S/C68H42N2O/c1-3-17-44(18-4-1)68(45-19-5-2-6-20-45)61-28-14-11-25-54(61)55-38-36-48(42-62(55)68)70(47-35-37-53-51-23-8-7-21-49(51)50-22-9-10-24-52(50)60(53)41-47)46-33-31-43(32-34-46)66-59-40-39-57-56-26-13-16-30-64(56)71-67(57)65(59)58-27-12-15-29-63(58)69-66/h1-42H. The highest BCUT2D eigenvalue weighted by Crippen LogP contribution is 2.57. The highest BCUT2D eigenvalue weighted by Gasteiger charge is 2.46. The number of hydrogen-bond donors (Lipinski definition) is 0. The highest BCUT2D eigenvalue weighted by molar-refractivity contribution is 6.26. The lowest BCUT2D eigenvalue weighted by atomic mass is 9.67. The minimum Gasteiger partial charge on any atom is -0.455 e. The molecule has 3 nitrogen and oxygen atoms in total. The van der Waals surface area contributed by atoms with Gasteiger partial charge in [-0.2, -0.15) is 0 Å². The van der Waals surface area contributed by atoms with E-state index in [4.69, 9.17) is 9.40 Å². The molecule has 0 N–H and O–H groups in total. The Morgan fingerprint density at radius 3 is 1.56 bits per heavy atom. The number of aromatic nitrogens is 1. The number of hydrogen-bond acceptors (Lipinski definition) is 3. The number of rotatable bonds is 6. The zero-order valence-corrected chi connectivity index (χ0v) is 38.6. The average Bonchev–Trinajstić information content (AvgIpc) is 3.98. The molecule has 0 saturated carbocycles. The molecule has 0 amide bonds. The van der Waals surface area contributed by atoms with Crippen molar-refractivity contribution in [3.05, 3.63) is 277 Å². The summed E-state index contributed by atoms with van der Waals surface area (Å²) >= 11 is 0. The third kappa shape index (κ3) is 5.75. The van der Waals surface area contributed by atoms with Gasteiger partial charge in [0.1, 0.15) is 11.2 Å². The van der Waals surface area contributed by atoms with Crippen LogP contribution in [-0.4, -0.2) is 4.98 Å². The van der Waals surface area contributed by atoms with Crippen molar-refractivity contribution in [3.8, 4) is 22.4 Å². The van der Waals surface area contributed by atoms with Crippen molar-refractivity contribution >= 4 is 93.0 Å². The second kappa shape index (κ2) is 15.3. The van der Waals surface area contributed by atoms with Crippen LogP contribution < -0.4 is 4.90 Å². The largest absolute Gasteiger partial charge is 0.455 e. The van der Waals surface area contributed by atoms with E-state index in [9.17, 15) is 0 Å². The first-order valence-corrected chi connectivity index (χ1v) is 24.4. The Hall–Kier alpha value is -9.31. The first-order valence-electron chi connectivity index (χ1n) is 24.4. The Morgan fingerprint density at radius 2 is 0.845 bits per heavy atom. The average molecular weight is 903 g/mol. The van der Waals surface area contributed by atoms with Gasteiger partial charge in [0.2, 0.25) is 0 Å². The Balaban J connectivity index is 0.971. The van der Waals surface area contributed by atoms with E-state index in [1.165, 1.54) is 65.7 Å². The van der Waals surface area contributed by atoms with Crippen molar-refractivity contribution in [2.45, 2.75) is 5.41 Å². The topological polar surface area (TPSA) is 29.3 Å². The minimum atomic E-state index is -0.549. The quantitative estimate of drug-likeness (QED) is 0.156. The summed E-state index contributed by atoms with van der Waals surface area (Å²) in [7, 11) is 0. The van der Waals surface area contributed by atoms with E-state index in [2.05, 4.69) is 254 Å². The summed E-state index contributed by atoms with van der Waals surface area (Å²) in [6.45, 7) is 0. The molecule has 12 aromatic carbocycles. The molecule has 330 valence electrons. The summed E-state index contributed by atoms with van der Waals surface area (Å²) in [6.07, 6.45) is 0. The van der Waals surface area contributed by atoms with Crippen LogP contribution in [0.3, 0.4) is 0 Å². The van der Waals surface area contributed by atoms with Crippen LogP contribution in [0.15, 0.2) is 259 Å². The first-order chi connectivity index (χ1) is 35.2. The summed E-state index contributed by atoms with van der Waals surface area (Å²) in [5.41, 5.74) is 14.9. The highest BCUT2D eigenvalue weighted by atomic mass is 16.3. The number of fused-ring (bicyclic) bond motifs is 16. The molecular formula is C68H42N2O. The Labute approximate surface area is 410 Å². The molecule has 0 unspecified atom stereocenters. The van der Waals surface area contributed by atoms with Crippen LogP contribution in [0.5, 0.6) is 0 Å². The summed E-state index contributed by atoms with van der Waals surface area (Å²) in [5, 5.41) is 12.9. The molecule has 2 aromatic heterocycles. The number of nitrogens with zero attached hydrogens (tertiary/aromatic N) is 2. The van der Waals surface area contributed by atoms with E-state index in [0.717, 1.165) is 71.9 Å². The van der Waals surface area contributed by atoms with Crippen LogP contribution in [0.1, 0.15) is 22.3 Å². The fourth-order valence-electron chi connectivity index (χ4n) is 12.3. The number of para-hydroxylation sites is 2. The predicted molar refractivity (Wildman–Crippen MR) is 296 cm³/mol. The van der Waals surface area contributed by atoms with Gasteiger partial charge < -0.3 is 9.32 Å². The van der Waals surface area contributed by atoms with Gasteiger partial charge in [0.05, 0.1) is 16.6 Å². The van der Waals surface area contributed by atoms with Crippen molar-refractivity contribution in [1.82, 2.24) is 4.98 Å². The van der Waals surface area contributed by atoms with Crippen molar-refractivity contribution in [2.24, 2.45) is 0 Å². The summed E-state index contributed by atoms with van der Waals surface area (Å²) in [6, 6.07) is 93.1. The fraction of sp³-hybridized carbons (Fsp3) is 0.0147. The summed E-state index contributed by atoms with van der Waals surface area (Å²) in [4.78, 5) is 7.84. The van der Waals surface area contributed by atoms with Crippen LogP contribution in [0.2, 0.25) is 0 Å². The monoisotopic (exact) mass is 902 g/mol. The Bertz CT molecular complexity index is 4380. The molecule has 0 saturated heterocycles. The van der Waals surface area contributed by atoms with Crippen LogP contribution in [0.4, 0.5) is 17.1 Å². The van der Waals surface area contributed by atoms with Crippen LogP contribution in [0, 0.1) is 0 Å². The number of pyridine rings is 1. The van der Waals surface area contributed by atoms with Gasteiger partial charge in [-0.3, -0.25) is 0 Å². The van der Waals surface area contributed by atoms with Crippen molar-refractivity contribution in [1.29, 1.82) is 0 Å². The van der Waals surface area contributed by atoms with Gasteiger partial charge in [-0.1, -0.05) is 200 Å². The van der Waals surface area contributed by atoms with E-state index in [1.54, 1.807) is 0 Å². The normalized spacial score (nSPS) is 12.9.